The van der Waals surface area contributed by atoms with E-state index in [2.05, 4.69) is 44.3 Å². The number of hydrogen-bond acceptors (Lipinski definition) is 2. The molecular formula is C12H17NO. The molecule has 1 aliphatic rings. The average Bonchev–Trinajstić information content (AvgIpc) is 2.17. The van der Waals surface area contributed by atoms with Crippen LogP contribution in [0.25, 0.3) is 0 Å². The third-order valence-electron chi connectivity index (χ3n) is 2.76. The first-order chi connectivity index (χ1) is 6.70. The molecule has 1 N–H and O–H groups in total. The van der Waals surface area contributed by atoms with Crippen molar-refractivity contribution >= 4 is 5.69 Å². The van der Waals surface area contributed by atoms with E-state index in [9.17, 15) is 0 Å². The molecule has 0 radical (unpaired) electrons. The van der Waals surface area contributed by atoms with Gasteiger partial charge in [-0.25, -0.2) is 0 Å². The number of benzene rings is 1. The Labute approximate surface area is 85.3 Å². The highest BCUT2D eigenvalue weighted by Gasteiger charge is 2.24. The first-order valence-corrected chi connectivity index (χ1v) is 5.24. The van der Waals surface area contributed by atoms with Gasteiger partial charge in [-0.2, -0.15) is 0 Å². The van der Waals surface area contributed by atoms with Crippen molar-refractivity contribution in [2.75, 3.05) is 5.32 Å². The van der Waals surface area contributed by atoms with Gasteiger partial charge in [0.2, 0.25) is 0 Å². The summed E-state index contributed by atoms with van der Waals surface area (Å²) in [7, 11) is 0. The van der Waals surface area contributed by atoms with E-state index in [1.165, 1.54) is 5.56 Å². The van der Waals surface area contributed by atoms with Crippen LogP contribution in [0.3, 0.4) is 0 Å². The largest absolute Gasteiger partial charge is 0.486 e. The number of anilines is 1. The van der Waals surface area contributed by atoms with Crippen LogP contribution in [0.4, 0.5) is 5.69 Å². The molecule has 0 aromatic heterocycles. The highest BCUT2D eigenvalue weighted by Crippen LogP contribution is 2.32. The highest BCUT2D eigenvalue weighted by molar-refractivity contribution is 5.59. The molecular weight excluding hydrogens is 174 g/mol. The molecule has 2 heteroatoms. The second-order valence-corrected chi connectivity index (χ2v) is 4.00. The van der Waals surface area contributed by atoms with Gasteiger partial charge in [0, 0.05) is 0 Å². The molecule has 0 aliphatic carbocycles. The summed E-state index contributed by atoms with van der Waals surface area (Å²) in [6.45, 7) is 6.41. The number of fused-ring (bicyclic) bond motifs is 1. The quantitative estimate of drug-likeness (QED) is 0.736. The van der Waals surface area contributed by atoms with Crippen LogP contribution in [-0.2, 0) is 0 Å². The van der Waals surface area contributed by atoms with Crippen LogP contribution in [0.1, 0.15) is 25.8 Å². The van der Waals surface area contributed by atoms with E-state index in [-0.39, 0.29) is 0 Å². The topological polar surface area (TPSA) is 21.3 Å². The van der Waals surface area contributed by atoms with E-state index in [0.29, 0.717) is 12.1 Å². The summed E-state index contributed by atoms with van der Waals surface area (Å²) < 4.78 is 5.91. The molecule has 1 aliphatic heterocycles. The van der Waals surface area contributed by atoms with E-state index in [1.807, 2.05) is 0 Å². The van der Waals surface area contributed by atoms with Crippen LogP contribution >= 0.6 is 0 Å². The van der Waals surface area contributed by atoms with Crippen molar-refractivity contribution in [3.05, 3.63) is 23.8 Å². The van der Waals surface area contributed by atoms with Crippen LogP contribution < -0.4 is 10.1 Å². The Morgan fingerprint density at radius 2 is 2.21 bits per heavy atom. The fourth-order valence-corrected chi connectivity index (χ4v) is 1.89. The summed E-state index contributed by atoms with van der Waals surface area (Å²) in [4.78, 5) is 0. The van der Waals surface area contributed by atoms with Crippen molar-refractivity contribution in [1.82, 2.24) is 0 Å². The Bertz CT molecular complexity index is 335. The van der Waals surface area contributed by atoms with Gasteiger partial charge in [0.25, 0.3) is 0 Å². The van der Waals surface area contributed by atoms with Gasteiger partial charge in [0.05, 0.1) is 11.7 Å². The van der Waals surface area contributed by atoms with Crippen molar-refractivity contribution in [3.8, 4) is 5.75 Å². The maximum absolute atomic E-state index is 5.91. The van der Waals surface area contributed by atoms with E-state index in [0.717, 1.165) is 17.9 Å². The minimum Gasteiger partial charge on any atom is -0.486 e. The number of nitrogens with one attached hydrogen (secondary N) is 1. The molecule has 2 unspecified atom stereocenters. The fourth-order valence-electron chi connectivity index (χ4n) is 1.89. The van der Waals surface area contributed by atoms with Crippen LogP contribution in [0.15, 0.2) is 18.2 Å². The van der Waals surface area contributed by atoms with Crippen LogP contribution in [0.5, 0.6) is 5.75 Å². The summed E-state index contributed by atoms with van der Waals surface area (Å²) in [5.41, 5.74) is 2.36. The Morgan fingerprint density at radius 3 is 2.93 bits per heavy atom. The molecule has 76 valence electrons. The van der Waals surface area contributed by atoms with Gasteiger partial charge in [-0.3, -0.25) is 0 Å². The third-order valence-corrected chi connectivity index (χ3v) is 2.76. The third kappa shape index (κ3) is 1.57. The molecule has 0 bridgehead atoms. The van der Waals surface area contributed by atoms with E-state index in [1.54, 1.807) is 0 Å². The van der Waals surface area contributed by atoms with E-state index >= 15 is 0 Å². The molecule has 2 nitrogen and oxygen atoms in total. The fraction of sp³-hybridized carbons (Fsp3) is 0.500. The Kier molecular flexibility index (Phi) is 2.36. The first-order valence-electron chi connectivity index (χ1n) is 5.24. The smallest absolute Gasteiger partial charge is 0.143 e. The maximum Gasteiger partial charge on any atom is 0.143 e. The van der Waals surface area contributed by atoms with E-state index < -0.39 is 0 Å². The monoisotopic (exact) mass is 191 g/mol. The van der Waals surface area contributed by atoms with Gasteiger partial charge in [0.15, 0.2) is 0 Å². The molecule has 0 saturated carbocycles. The number of hydrogen-bond donors (Lipinski definition) is 1. The normalized spacial score (nSPS) is 24.8. The molecule has 14 heavy (non-hydrogen) atoms. The minimum atomic E-state index is 0.296. The van der Waals surface area contributed by atoms with Gasteiger partial charge >= 0.3 is 0 Å². The van der Waals surface area contributed by atoms with Crippen molar-refractivity contribution in [3.63, 3.8) is 0 Å². The Morgan fingerprint density at radius 1 is 1.43 bits per heavy atom. The van der Waals surface area contributed by atoms with Gasteiger partial charge < -0.3 is 10.1 Å². The zero-order valence-corrected chi connectivity index (χ0v) is 9.00. The lowest BCUT2D eigenvalue weighted by Crippen LogP contribution is -2.38. The SMILES string of the molecule is CCC1Oc2cc(C)ccc2NC1C. The summed E-state index contributed by atoms with van der Waals surface area (Å²) >= 11 is 0. The van der Waals surface area contributed by atoms with Crippen LogP contribution in [0, 0.1) is 6.92 Å². The number of aryl methyl sites for hydroxylation is 1. The van der Waals surface area contributed by atoms with Crippen molar-refractivity contribution in [2.45, 2.75) is 39.3 Å². The standard InChI is InChI=1S/C12H17NO/c1-4-11-9(3)13-10-6-5-8(2)7-12(10)14-11/h5-7,9,11,13H,4H2,1-3H3. The summed E-state index contributed by atoms with van der Waals surface area (Å²) in [6.07, 6.45) is 1.34. The molecule has 0 amide bonds. The molecule has 1 aromatic rings. The van der Waals surface area contributed by atoms with Gasteiger partial charge in [-0.05, 0) is 38.0 Å². The molecule has 0 fully saturated rings. The van der Waals surface area contributed by atoms with Crippen molar-refractivity contribution in [2.24, 2.45) is 0 Å². The Balaban J connectivity index is 2.31. The van der Waals surface area contributed by atoms with Crippen LogP contribution in [-0.4, -0.2) is 12.1 Å². The zero-order chi connectivity index (χ0) is 10.1. The van der Waals surface area contributed by atoms with Crippen molar-refractivity contribution in [1.29, 1.82) is 0 Å². The highest BCUT2D eigenvalue weighted by atomic mass is 16.5. The summed E-state index contributed by atoms with van der Waals surface area (Å²) in [5, 5.41) is 3.46. The second kappa shape index (κ2) is 3.52. The maximum atomic E-state index is 5.91. The zero-order valence-electron chi connectivity index (χ0n) is 9.00. The molecule has 0 saturated heterocycles. The predicted octanol–water partition coefficient (Wildman–Crippen LogP) is 2.97. The first kappa shape index (κ1) is 9.38. The predicted molar refractivity (Wildman–Crippen MR) is 59.0 cm³/mol. The molecule has 2 rings (SSSR count). The number of rotatable bonds is 1. The van der Waals surface area contributed by atoms with Gasteiger partial charge in [-0.1, -0.05) is 13.0 Å². The second-order valence-electron chi connectivity index (χ2n) is 4.00. The molecule has 0 spiro atoms. The van der Waals surface area contributed by atoms with Crippen molar-refractivity contribution < 1.29 is 4.74 Å². The summed E-state index contributed by atoms with van der Waals surface area (Å²) in [6, 6.07) is 6.69. The Hall–Kier alpha value is -1.18. The van der Waals surface area contributed by atoms with E-state index in [4.69, 9.17) is 4.74 Å². The lowest BCUT2D eigenvalue weighted by atomic mass is 10.1. The lowest BCUT2D eigenvalue weighted by Gasteiger charge is -2.32. The van der Waals surface area contributed by atoms with Gasteiger partial charge in [0.1, 0.15) is 11.9 Å². The number of ether oxygens (including phenoxy) is 1. The molecule has 1 heterocycles. The molecule has 2 atom stereocenters. The lowest BCUT2D eigenvalue weighted by molar-refractivity contribution is 0.170. The van der Waals surface area contributed by atoms with Crippen LogP contribution in [0.2, 0.25) is 0 Å². The summed E-state index contributed by atoms with van der Waals surface area (Å²) in [5.74, 6) is 0.995. The minimum absolute atomic E-state index is 0.296. The van der Waals surface area contributed by atoms with Gasteiger partial charge in [-0.15, -0.1) is 0 Å². The average molecular weight is 191 g/mol. The molecule has 1 aromatic carbocycles.